The summed E-state index contributed by atoms with van der Waals surface area (Å²) in [6.07, 6.45) is -1.71. The number of aliphatic hydroxyl groups excluding tert-OH is 2. The van der Waals surface area contributed by atoms with Crippen LogP contribution in [-0.4, -0.2) is 41.7 Å². The first-order valence-corrected chi connectivity index (χ1v) is 8.54. The van der Waals surface area contributed by atoms with E-state index in [-0.39, 0.29) is 6.61 Å². The van der Waals surface area contributed by atoms with Crippen LogP contribution in [0.5, 0.6) is 0 Å². The van der Waals surface area contributed by atoms with Gasteiger partial charge in [0.25, 0.3) is 0 Å². The summed E-state index contributed by atoms with van der Waals surface area (Å²) in [7, 11) is 0. The minimum atomic E-state index is -0.804. The first-order chi connectivity index (χ1) is 12.2. The van der Waals surface area contributed by atoms with Crippen LogP contribution in [0.3, 0.4) is 0 Å². The molecule has 136 valence electrons. The zero-order chi connectivity index (χ0) is 17.9. The van der Waals surface area contributed by atoms with Gasteiger partial charge in [-0.25, -0.2) is 0 Å². The van der Waals surface area contributed by atoms with Crippen molar-refractivity contribution in [1.82, 2.24) is 0 Å². The average molecular weight is 345 g/mol. The van der Waals surface area contributed by atoms with E-state index in [1.807, 2.05) is 60.7 Å². The number of ether oxygens (including phenoxy) is 2. The van der Waals surface area contributed by atoms with Crippen molar-refractivity contribution in [2.45, 2.75) is 37.9 Å². The summed E-state index contributed by atoms with van der Waals surface area (Å²) < 4.78 is 11.7. The molecule has 0 saturated heterocycles. The second kappa shape index (κ2) is 11.0. The van der Waals surface area contributed by atoms with Crippen LogP contribution in [0.1, 0.15) is 17.5 Å². The largest absolute Gasteiger partial charge is 0.394 e. The molecule has 0 aliphatic carbocycles. The first-order valence-electron chi connectivity index (χ1n) is 8.54. The topological polar surface area (TPSA) is 84.9 Å². The molecule has 2 aromatic rings. The highest BCUT2D eigenvalue weighted by Gasteiger charge is 2.29. The van der Waals surface area contributed by atoms with Crippen LogP contribution in [0.25, 0.3) is 0 Å². The molecule has 2 rings (SSSR count). The highest BCUT2D eigenvalue weighted by atomic mass is 16.6. The first kappa shape index (κ1) is 19.6. The molecule has 25 heavy (non-hydrogen) atoms. The number of hydrogen-bond donors (Lipinski definition) is 3. The zero-order valence-corrected chi connectivity index (χ0v) is 14.3. The molecule has 0 aromatic heterocycles. The number of benzene rings is 2. The van der Waals surface area contributed by atoms with Gasteiger partial charge in [-0.2, -0.15) is 0 Å². The summed E-state index contributed by atoms with van der Waals surface area (Å²) in [6, 6.07) is 19.4. The van der Waals surface area contributed by atoms with Crippen molar-refractivity contribution >= 4 is 0 Å². The Morgan fingerprint density at radius 1 is 0.840 bits per heavy atom. The van der Waals surface area contributed by atoms with Crippen molar-refractivity contribution in [1.29, 1.82) is 0 Å². The van der Waals surface area contributed by atoms with Crippen LogP contribution in [0, 0.1) is 0 Å². The van der Waals surface area contributed by atoms with Crippen molar-refractivity contribution in [2.24, 2.45) is 5.73 Å². The molecule has 0 amide bonds. The van der Waals surface area contributed by atoms with Gasteiger partial charge in [0.15, 0.2) is 0 Å². The molecule has 0 fully saturated rings. The lowest BCUT2D eigenvalue weighted by molar-refractivity contribution is -0.145. The van der Waals surface area contributed by atoms with E-state index < -0.39 is 18.3 Å². The Morgan fingerprint density at radius 2 is 1.36 bits per heavy atom. The molecule has 0 aliphatic rings. The second-order valence-corrected chi connectivity index (χ2v) is 5.92. The lowest BCUT2D eigenvalue weighted by atomic mass is 10.0. The number of aliphatic hydroxyl groups is 2. The molecule has 0 aliphatic heterocycles. The number of hydrogen-bond acceptors (Lipinski definition) is 5. The van der Waals surface area contributed by atoms with Gasteiger partial charge in [0.1, 0.15) is 12.2 Å². The van der Waals surface area contributed by atoms with Gasteiger partial charge in [0.2, 0.25) is 0 Å². The summed E-state index contributed by atoms with van der Waals surface area (Å²) >= 11 is 0. The standard InChI is InChI=1S/C20H27NO4/c21-12-11-18(23)20(25-15-17-9-5-2-6-10-17)19(13-22)24-14-16-7-3-1-4-8-16/h1-10,18-20,22-23H,11-15,21H2/t18-,19+,20-/m1/s1. The minimum Gasteiger partial charge on any atom is -0.394 e. The summed E-state index contributed by atoms with van der Waals surface area (Å²) in [6.45, 7) is 0.766. The molecule has 0 unspecified atom stereocenters. The van der Waals surface area contributed by atoms with E-state index in [1.165, 1.54) is 0 Å². The van der Waals surface area contributed by atoms with Gasteiger partial charge < -0.3 is 25.4 Å². The van der Waals surface area contributed by atoms with Crippen LogP contribution in [0.4, 0.5) is 0 Å². The van der Waals surface area contributed by atoms with Crippen LogP contribution in [-0.2, 0) is 22.7 Å². The van der Waals surface area contributed by atoms with E-state index in [2.05, 4.69) is 0 Å². The third-order valence-electron chi connectivity index (χ3n) is 3.98. The van der Waals surface area contributed by atoms with Crippen molar-refractivity contribution in [2.75, 3.05) is 13.2 Å². The van der Waals surface area contributed by atoms with Crippen molar-refractivity contribution in [3.05, 3.63) is 71.8 Å². The summed E-state index contributed by atoms with van der Waals surface area (Å²) in [4.78, 5) is 0. The lowest BCUT2D eigenvalue weighted by Crippen LogP contribution is -2.44. The Labute approximate surface area is 149 Å². The van der Waals surface area contributed by atoms with E-state index in [0.717, 1.165) is 11.1 Å². The molecule has 0 spiro atoms. The fourth-order valence-electron chi connectivity index (χ4n) is 2.60. The van der Waals surface area contributed by atoms with E-state index in [0.29, 0.717) is 26.2 Å². The molecule has 5 nitrogen and oxygen atoms in total. The molecule has 0 radical (unpaired) electrons. The zero-order valence-electron chi connectivity index (χ0n) is 14.3. The molecule has 0 heterocycles. The van der Waals surface area contributed by atoms with E-state index in [4.69, 9.17) is 15.2 Å². The fraction of sp³-hybridized carbons (Fsp3) is 0.400. The minimum absolute atomic E-state index is 0.242. The average Bonchev–Trinajstić information content (AvgIpc) is 2.66. The molecule has 0 bridgehead atoms. The molecule has 5 heteroatoms. The highest BCUT2D eigenvalue weighted by molar-refractivity contribution is 5.14. The Balaban J connectivity index is 2.00. The maximum Gasteiger partial charge on any atom is 0.112 e. The normalized spacial score (nSPS) is 14.8. The molecule has 2 aromatic carbocycles. The van der Waals surface area contributed by atoms with Gasteiger partial charge in [0.05, 0.1) is 25.9 Å². The molecule has 0 saturated carbocycles. The fourth-order valence-corrected chi connectivity index (χ4v) is 2.60. The van der Waals surface area contributed by atoms with Gasteiger partial charge in [0, 0.05) is 0 Å². The highest BCUT2D eigenvalue weighted by Crippen LogP contribution is 2.16. The van der Waals surface area contributed by atoms with Crippen molar-refractivity contribution in [3.8, 4) is 0 Å². The smallest absolute Gasteiger partial charge is 0.112 e. The molecular weight excluding hydrogens is 318 g/mol. The Kier molecular flexibility index (Phi) is 8.59. The summed E-state index contributed by atoms with van der Waals surface area (Å²) in [5.41, 5.74) is 7.55. The maximum absolute atomic E-state index is 10.4. The third kappa shape index (κ3) is 6.57. The van der Waals surface area contributed by atoms with Gasteiger partial charge in [-0.05, 0) is 24.1 Å². The predicted octanol–water partition coefficient (Wildman–Crippen LogP) is 1.86. The van der Waals surface area contributed by atoms with Crippen molar-refractivity contribution in [3.63, 3.8) is 0 Å². The SMILES string of the molecule is NCC[C@@H](O)[C@@H](OCc1ccccc1)[C@H](CO)OCc1ccccc1. The quantitative estimate of drug-likeness (QED) is 0.579. The molecule has 4 N–H and O–H groups in total. The summed E-state index contributed by atoms with van der Waals surface area (Å²) in [5.74, 6) is 0. The number of nitrogens with two attached hydrogens (primary N) is 1. The Bertz CT molecular complexity index is 579. The van der Waals surface area contributed by atoms with Gasteiger partial charge in [-0.1, -0.05) is 60.7 Å². The monoisotopic (exact) mass is 345 g/mol. The Hall–Kier alpha value is -1.76. The van der Waals surface area contributed by atoms with Crippen LogP contribution in [0.2, 0.25) is 0 Å². The third-order valence-corrected chi connectivity index (χ3v) is 3.98. The van der Waals surface area contributed by atoms with Crippen LogP contribution >= 0.6 is 0 Å². The van der Waals surface area contributed by atoms with E-state index in [9.17, 15) is 10.2 Å². The predicted molar refractivity (Wildman–Crippen MR) is 96.8 cm³/mol. The van der Waals surface area contributed by atoms with E-state index >= 15 is 0 Å². The van der Waals surface area contributed by atoms with Crippen LogP contribution < -0.4 is 5.73 Å². The van der Waals surface area contributed by atoms with Gasteiger partial charge in [-0.3, -0.25) is 0 Å². The maximum atomic E-state index is 10.4. The lowest BCUT2D eigenvalue weighted by Gasteiger charge is -2.30. The van der Waals surface area contributed by atoms with Crippen molar-refractivity contribution < 1.29 is 19.7 Å². The van der Waals surface area contributed by atoms with E-state index in [1.54, 1.807) is 0 Å². The Morgan fingerprint density at radius 3 is 1.84 bits per heavy atom. The molecule has 3 atom stereocenters. The van der Waals surface area contributed by atoms with Crippen LogP contribution in [0.15, 0.2) is 60.7 Å². The molecular formula is C20H27NO4. The number of rotatable bonds is 11. The summed E-state index contributed by atoms with van der Waals surface area (Å²) in [5, 5.41) is 20.1. The van der Waals surface area contributed by atoms with Gasteiger partial charge >= 0.3 is 0 Å². The second-order valence-electron chi connectivity index (χ2n) is 5.92. The van der Waals surface area contributed by atoms with Gasteiger partial charge in [-0.15, -0.1) is 0 Å².